The Bertz CT molecular complexity index is 605. The molecule has 0 radical (unpaired) electrons. The van der Waals surface area contributed by atoms with Gasteiger partial charge in [-0.1, -0.05) is 35.2 Å². The van der Waals surface area contributed by atoms with E-state index in [1.165, 1.54) is 6.08 Å². The molecule has 4 amide bonds. The van der Waals surface area contributed by atoms with Gasteiger partial charge < -0.3 is 0 Å². The van der Waals surface area contributed by atoms with E-state index in [0.717, 1.165) is 4.90 Å². The van der Waals surface area contributed by atoms with Crippen molar-refractivity contribution < 1.29 is 19.2 Å². The largest absolute Gasteiger partial charge is 0.295 e. The number of nitrogens with one attached hydrogen (secondary N) is 1. The Hall–Kier alpha value is -2.02. The highest BCUT2D eigenvalue weighted by Crippen LogP contribution is 2.32. The molecule has 0 aromatic rings. The maximum atomic E-state index is 12.3. The first kappa shape index (κ1) is 14.4. The Kier molecular flexibility index (Phi) is 3.71. The van der Waals surface area contributed by atoms with Crippen LogP contribution in [-0.4, -0.2) is 34.6 Å². The van der Waals surface area contributed by atoms with Gasteiger partial charge in [0.1, 0.15) is 6.04 Å². The van der Waals surface area contributed by atoms with E-state index in [1.807, 2.05) is 0 Å². The van der Waals surface area contributed by atoms with Crippen LogP contribution in [0.5, 0.6) is 0 Å². The van der Waals surface area contributed by atoms with E-state index in [9.17, 15) is 19.2 Å². The fourth-order valence-corrected chi connectivity index (χ4v) is 2.61. The molecule has 2 heterocycles. The number of carbonyl (C=O) groups is 4. The van der Waals surface area contributed by atoms with Gasteiger partial charge in [0, 0.05) is 10.9 Å². The van der Waals surface area contributed by atoms with Gasteiger partial charge in [0.15, 0.2) is 0 Å². The Morgan fingerprint density at radius 1 is 1.30 bits per heavy atom. The molecule has 0 aromatic heterocycles. The molecule has 1 N–H and O–H groups in total. The molecule has 1 atom stereocenters. The van der Waals surface area contributed by atoms with Crippen LogP contribution >= 0.6 is 15.9 Å². The second kappa shape index (κ2) is 5.16. The summed E-state index contributed by atoms with van der Waals surface area (Å²) in [6.45, 7) is 7.08. The smallest absolute Gasteiger partial charge is 0.263 e. The molecule has 2 rings (SSSR count). The highest BCUT2D eigenvalue weighted by molar-refractivity contribution is 9.12. The second-order valence-electron chi connectivity index (χ2n) is 4.34. The molecular formula is C13H11BrN2O4. The molecule has 0 spiro atoms. The summed E-state index contributed by atoms with van der Waals surface area (Å²) in [6, 6.07) is -0.980. The Balaban J connectivity index is 2.37. The van der Waals surface area contributed by atoms with E-state index in [-0.39, 0.29) is 28.5 Å². The first-order valence-corrected chi connectivity index (χ1v) is 6.60. The Morgan fingerprint density at radius 3 is 2.40 bits per heavy atom. The van der Waals surface area contributed by atoms with Crippen LogP contribution in [-0.2, 0) is 19.2 Å². The minimum absolute atomic E-state index is 0.0848. The van der Waals surface area contributed by atoms with Crippen molar-refractivity contribution in [1.29, 1.82) is 0 Å². The third-order valence-electron chi connectivity index (χ3n) is 3.15. The lowest BCUT2D eigenvalue weighted by Crippen LogP contribution is -2.54. The van der Waals surface area contributed by atoms with Crippen molar-refractivity contribution in [1.82, 2.24) is 10.2 Å². The van der Waals surface area contributed by atoms with Gasteiger partial charge in [-0.3, -0.25) is 29.4 Å². The highest BCUT2D eigenvalue weighted by Gasteiger charge is 2.45. The number of halogens is 1. The van der Waals surface area contributed by atoms with Crippen LogP contribution in [0.1, 0.15) is 12.8 Å². The zero-order valence-electron chi connectivity index (χ0n) is 10.4. The van der Waals surface area contributed by atoms with Gasteiger partial charge in [0.05, 0.1) is 11.1 Å². The summed E-state index contributed by atoms with van der Waals surface area (Å²) in [5, 5.41) is 2.12. The van der Waals surface area contributed by atoms with Crippen molar-refractivity contribution >= 4 is 39.6 Å². The maximum Gasteiger partial charge on any atom is 0.263 e. The fourth-order valence-electron chi connectivity index (χ4n) is 2.23. The van der Waals surface area contributed by atoms with Crippen molar-refractivity contribution in [3.63, 3.8) is 0 Å². The summed E-state index contributed by atoms with van der Waals surface area (Å²) in [7, 11) is 0. The van der Waals surface area contributed by atoms with Crippen LogP contribution in [0.15, 0.2) is 34.9 Å². The summed E-state index contributed by atoms with van der Waals surface area (Å²) in [6.07, 6.45) is 1.46. The predicted molar refractivity (Wildman–Crippen MR) is 73.3 cm³/mol. The van der Waals surface area contributed by atoms with E-state index < -0.39 is 29.7 Å². The van der Waals surface area contributed by atoms with Crippen LogP contribution in [0, 0.1) is 0 Å². The average Bonchev–Trinajstić information content (AvgIpc) is 2.61. The van der Waals surface area contributed by atoms with Crippen molar-refractivity contribution in [3.8, 4) is 0 Å². The van der Waals surface area contributed by atoms with Gasteiger partial charge >= 0.3 is 0 Å². The number of carbonyl (C=O) groups excluding carboxylic acids is 4. The molecule has 1 fully saturated rings. The topological polar surface area (TPSA) is 83.6 Å². The number of rotatable bonds is 3. The first-order valence-electron chi connectivity index (χ1n) is 5.81. The van der Waals surface area contributed by atoms with Gasteiger partial charge in [-0.15, -0.1) is 0 Å². The molecule has 7 heteroatoms. The third kappa shape index (κ3) is 2.14. The molecule has 0 aromatic carbocycles. The van der Waals surface area contributed by atoms with E-state index in [4.69, 9.17) is 0 Å². The third-order valence-corrected chi connectivity index (χ3v) is 3.54. The Labute approximate surface area is 123 Å². The van der Waals surface area contributed by atoms with Crippen LogP contribution in [0.3, 0.4) is 0 Å². The van der Waals surface area contributed by atoms with E-state index in [0.29, 0.717) is 0 Å². The summed E-state index contributed by atoms with van der Waals surface area (Å²) in [4.78, 5) is 48.3. The number of piperidine rings is 1. The van der Waals surface area contributed by atoms with Crippen LogP contribution in [0.4, 0.5) is 0 Å². The fraction of sp³-hybridized carbons (Fsp3) is 0.231. The van der Waals surface area contributed by atoms with Crippen molar-refractivity contribution in [2.75, 3.05) is 0 Å². The zero-order chi connectivity index (χ0) is 15.0. The lowest BCUT2D eigenvalue weighted by atomic mass is 10.0. The number of hydrogen-bond donors (Lipinski definition) is 1. The first-order chi connectivity index (χ1) is 9.38. The van der Waals surface area contributed by atoms with Crippen LogP contribution < -0.4 is 5.32 Å². The molecule has 0 bridgehead atoms. The summed E-state index contributed by atoms with van der Waals surface area (Å²) in [5.74, 6) is -2.27. The molecule has 0 aliphatic carbocycles. The van der Waals surface area contributed by atoms with Crippen molar-refractivity contribution in [2.24, 2.45) is 0 Å². The molecule has 1 saturated heterocycles. The molecule has 104 valence electrons. The molecule has 2 aliphatic heterocycles. The number of imide groups is 2. The van der Waals surface area contributed by atoms with Gasteiger partial charge in [-0.2, -0.15) is 0 Å². The van der Waals surface area contributed by atoms with Gasteiger partial charge in [0.2, 0.25) is 11.8 Å². The van der Waals surface area contributed by atoms with Crippen molar-refractivity contribution in [3.05, 3.63) is 34.9 Å². The van der Waals surface area contributed by atoms with Crippen LogP contribution in [0.2, 0.25) is 0 Å². The highest BCUT2D eigenvalue weighted by atomic mass is 79.9. The standard InChI is InChI=1S/C13H11BrN2O4/c1-3-7-10(6(2)14)13(20)16(12(7)19)8-4-5-9(17)15-11(8)18/h3,8H,1-2,4-5H2,(H,15,17,18). The van der Waals surface area contributed by atoms with E-state index in [2.05, 4.69) is 34.4 Å². The Morgan fingerprint density at radius 2 is 1.95 bits per heavy atom. The van der Waals surface area contributed by atoms with E-state index >= 15 is 0 Å². The SMILES string of the molecule is C=CC1=C(C(=C)Br)C(=O)N(C2CCC(=O)NC2=O)C1=O. The number of nitrogens with zero attached hydrogens (tertiary/aromatic N) is 1. The molecule has 20 heavy (non-hydrogen) atoms. The predicted octanol–water partition coefficient (Wildman–Crippen LogP) is 0.552. The number of amides is 4. The molecule has 6 nitrogen and oxygen atoms in total. The number of hydrogen-bond acceptors (Lipinski definition) is 4. The summed E-state index contributed by atoms with van der Waals surface area (Å²) >= 11 is 3.07. The maximum absolute atomic E-state index is 12.3. The summed E-state index contributed by atoms with van der Waals surface area (Å²) < 4.78 is 0.251. The lowest BCUT2D eigenvalue weighted by molar-refractivity contribution is -0.149. The monoisotopic (exact) mass is 338 g/mol. The molecular weight excluding hydrogens is 328 g/mol. The minimum Gasteiger partial charge on any atom is -0.295 e. The molecule has 2 aliphatic rings. The zero-order valence-corrected chi connectivity index (χ0v) is 12.0. The molecule has 0 saturated carbocycles. The molecule has 1 unspecified atom stereocenters. The quantitative estimate of drug-likeness (QED) is 0.762. The van der Waals surface area contributed by atoms with Crippen molar-refractivity contribution in [2.45, 2.75) is 18.9 Å². The lowest BCUT2D eigenvalue weighted by Gasteiger charge is -2.28. The van der Waals surface area contributed by atoms with Gasteiger partial charge in [0.25, 0.3) is 11.8 Å². The van der Waals surface area contributed by atoms with Gasteiger partial charge in [-0.25, -0.2) is 0 Å². The normalized spacial score (nSPS) is 23.2. The summed E-state index contributed by atoms with van der Waals surface area (Å²) in [5.41, 5.74) is 0.191. The second-order valence-corrected chi connectivity index (χ2v) is 5.30. The van der Waals surface area contributed by atoms with E-state index in [1.54, 1.807) is 0 Å². The minimum atomic E-state index is -0.980. The van der Waals surface area contributed by atoms with Crippen LogP contribution in [0.25, 0.3) is 0 Å². The average molecular weight is 339 g/mol. The van der Waals surface area contributed by atoms with Gasteiger partial charge in [-0.05, 0) is 6.42 Å².